The minimum atomic E-state index is -0.986. The van der Waals surface area contributed by atoms with Crippen LogP contribution in [0.2, 0.25) is 0 Å². The van der Waals surface area contributed by atoms with Crippen molar-refractivity contribution in [1.82, 2.24) is 0 Å². The minimum absolute atomic E-state index is 0.181. The van der Waals surface area contributed by atoms with Gasteiger partial charge in [-0.1, -0.05) is 19.1 Å². The van der Waals surface area contributed by atoms with Crippen LogP contribution in [0.15, 0.2) is 34.7 Å². The number of hydrogen-bond acceptors (Lipinski definition) is 3. The zero-order valence-corrected chi connectivity index (χ0v) is 11.0. The summed E-state index contributed by atoms with van der Waals surface area (Å²) in [6, 6.07) is 9.30. The van der Waals surface area contributed by atoms with Crippen LogP contribution in [-0.4, -0.2) is 11.1 Å². The summed E-state index contributed by atoms with van der Waals surface area (Å²) in [6.07, 6.45) is 0.945. The van der Waals surface area contributed by atoms with Gasteiger partial charge in [-0.3, -0.25) is 0 Å². The maximum absolute atomic E-state index is 10.9. The van der Waals surface area contributed by atoms with E-state index < -0.39 is 5.97 Å². The van der Waals surface area contributed by atoms with Crippen LogP contribution in [0.4, 0.5) is 0 Å². The first-order valence-corrected chi connectivity index (χ1v) is 6.14. The molecule has 100 valence electrons. The van der Waals surface area contributed by atoms with E-state index in [1.54, 1.807) is 6.92 Å². The van der Waals surface area contributed by atoms with Crippen LogP contribution in [0, 0.1) is 6.92 Å². The molecule has 1 N–H and O–H groups in total. The highest BCUT2D eigenvalue weighted by molar-refractivity contribution is 5.88. The maximum Gasteiger partial charge on any atom is 0.339 e. The second-order valence-corrected chi connectivity index (χ2v) is 4.28. The molecule has 2 aromatic rings. The average molecular weight is 260 g/mol. The monoisotopic (exact) mass is 260 g/mol. The van der Waals surface area contributed by atoms with Crippen molar-refractivity contribution in [2.45, 2.75) is 26.9 Å². The number of ether oxygens (including phenoxy) is 1. The molecule has 0 aliphatic heterocycles. The van der Waals surface area contributed by atoms with Crippen molar-refractivity contribution in [2.24, 2.45) is 0 Å². The number of furan rings is 1. The highest BCUT2D eigenvalue weighted by atomic mass is 16.5. The van der Waals surface area contributed by atoms with Crippen molar-refractivity contribution in [3.8, 4) is 5.75 Å². The lowest BCUT2D eigenvalue weighted by atomic mass is 10.2. The Morgan fingerprint density at radius 1 is 1.37 bits per heavy atom. The molecule has 0 saturated heterocycles. The lowest BCUT2D eigenvalue weighted by Gasteiger charge is -2.05. The first kappa shape index (κ1) is 13.2. The van der Waals surface area contributed by atoms with Gasteiger partial charge in [0.15, 0.2) is 0 Å². The van der Waals surface area contributed by atoms with Gasteiger partial charge in [0.25, 0.3) is 0 Å². The third-order valence-corrected chi connectivity index (χ3v) is 2.89. The highest BCUT2D eigenvalue weighted by Gasteiger charge is 2.13. The molecule has 1 aromatic carbocycles. The zero-order valence-electron chi connectivity index (χ0n) is 11.0. The summed E-state index contributed by atoms with van der Waals surface area (Å²) in [6.45, 7) is 3.93. The fraction of sp³-hybridized carbons (Fsp3) is 0.267. The number of carbonyl (C=O) groups is 1. The lowest BCUT2D eigenvalue weighted by Crippen LogP contribution is -1.96. The molecule has 1 aromatic heterocycles. The van der Waals surface area contributed by atoms with Crippen LogP contribution < -0.4 is 4.74 Å². The van der Waals surface area contributed by atoms with Crippen molar-refractivity contribution in [2.75, 3.05) is 0 Å². The number of aryl methyl sites for hydroxylation is 2. The molecule has 4 heteroatoms. The number of carboxylic acids is 1. The van der Waals surface area contributed by atoms with Crippen molar-refractivity contribution in [1.29, 1.82) is 0 Å². The number of benzene rings is 1. The van der Waals surface area contributed by atoms with E-state index in [1.165, 1.54) is 11.6 Å². The highest BCUT2D eigenvalue weighted by Crippen LogP contribution is 2.19. The molecule has 0 saturated carbocycles. The predicted molar refractivity (Wildman–Crippen MR) is 70.6 cm³/mol. The van der Waals surface area contributed by atoms with Crippen LogP contribution in [-0.2, 0) is 13.0 Å². The Balaban J connectivity index is 2.06. The van der Waals surface area contributed by atoms with Crippen molar-refractivity contribution in [3.05, 3.63) is 53.0 Å². The van der Waals surface area contributed by atoms with Gasteiger partial charge in [0.05, 0.1) is 0 Å². The van der Waals surface area contributed by atoms with Crippen LogP contribution in [0.25, 0.3) is 0 Å². The minimum Gasteiger partial charge on any atom is -0.486 e. The third-order valence-electron chi connectivity index (χ3n) is 2.89. The molecule has 0 bridgehead atoms. The molecule has 19 heavy (non-hydrogen) atoms. The van der Waals surface area contributed by atoms with Crippen LogP contribution >= 0.6 is 0 Å². The molecule has 0 unspecified atom stereocenters. The van der Waals surface area contributed by atoms with E-state index in [0.717, 1.165) is 12.2 Å². The summed E-state index contributed by atoms with van der Waals surface area (Å²) in [7, 11) is 0. The van der Waals surface area contributed by atoms with Gasteiger partial charge in [0.2, 0.25) is 0 Å². The normalized spacial score (nSPS) is 10.4. The first-order chi connectivity index (χ1) is 9.10. The largest absolute Gasteiger partial charge is 0.486 e. The lowest BCUT2D eigenvalue weighted by molar-refractivity contribution is 0.0695. The zero-order chi connectivity index (χ0) is 13.8. The van der Waals surface area contributed by atoms with E-state index in [4.69, 9.17) is 14.3 Å². The molecule has 0 spiro atoms. The van der Waals surface area contributed by atoms with E-state index in [-0.39, 0.29) is 12.2 Å². The molecule has 0 aliphatic carbocycles. The second-order valence-electron chi connectivity index (χ2n) is 4.28. The van der Waals surface area contributed by atoms with Crippen LogP contribution in [0.5, 0.6) is 5.75 Å². The van der Waals surface area contributed by atoms with E-state index >= 15 is 0 Å². The summed E-state index contributed by atoms with van der Waals surface area (Å²) in [4.78, 5) is 10.9. The molecule has 0 radical (unpaired) electrons. The molecule has 0 amide bonds. The molecule has 0 aliphatic rings. The summed E-state index contributed by atoms with van der Waals surface area (Å²) in [5, 5.41) is 8.93. The predicted octanol–water partition coefficient (Wildman–Crippen LogP) is 3.43. The molecule has 2 rings (SSSR count). The maximum atomic E-state index is 10.9. The van der Waals surface area contributed by atoms with Crippen molar-refractivity contribution >= 4 is 5.97 Å². The Morgan fingerprint density at radius 2 is 2.16 bits per heavy atom. The third kappa shape index (κ3) is 3.16. The van der Waals surface area contributed by atoms with Crippen molar-refractivity contribution in [3.63, 3.8) is 0 Å². The van der Waals surface area contributed by atoms with E-state index in [1.807, 2.05) is 24.3 Å². The quantitative estimate of drug-likeness (QED) is 0.894. The van der Waals surface area contributed by atoms with Crippen molar-refractivity contribution < 1.29 is 19.1 Å². The number of hydrogen-bond donors (Lipinski definition) is 1. The molecular weight excluding hydrogens is 244 g/mol. The topological polar surface area (TPSA) is 59.7 Å². The summed E-state index contributed by atoms with van der Waals surface area (Å²) >= 11 is 0. The van der Waals surface area contributed by atoms with Gasteiger partial charge < -0.3 is 14.3 Å². The number of carboxylic acid groups (broad SMARTS) is 1. The fourth-order valence-electron chi connectivity index (χ4n) is 1.84. The number of aromatic carboxylic acids is 1. The van der Waals surface area contributed by atoms with Gasteiger partial charge in [-0.05, 0) is 37.1 Å². The number of rotatable bonds is 5. The van der Waals surface area contributed by atoms with Crippen LogP contribution in [0.1, 0.15) is 34.4 Å². The Kier molecular flexibility index (Phi) is 3.90. The summed E-state index contributed by atoms with van der Waals surface area (Å²) in [5.41, 5.74) is 1.38. The molecular formula is C15H16O4. The Bertz CT molecular complexity index is 584. The molecule has 4 nitrogen and oxygen atoms in total. The Morgan fingerprint density at radius 3 is 2.79 bits per heavy atom. The molecule has 1 heterocycles. The van der Waals surface area contributed by atoms with Gasteiger partial charge >= 0.3 is 5.97 Å². The van der Waals surface area contributed by atoms with E-state index in [9.17, 15) is 4.79 Å². The molecule has 0 fully saturated rings. The average Bonchev–Trinajstić information content (AvgIpc) is 2.78. The second kappa shape index (κ2) is 5.61. The fourth-order valence-corrected chi connectivity index (χ4v) is 1.84. The smallest absolute Gasteiger partial charge is 0.339 e. The van der Waals surface area contributed by atoms with Crippen LogP contribution in [0.3, 0.4) is 0 Å². The van der Waals surface area contributed by atoms with E-state index in [0.29, 0.717) is 11.5 Å². The van der Waals surface area contributed by atoms with Gasteiger partial charge in [0.1, 0.15) is 29.4 Å². The summed E-state index contributed by atoms with van der Waals surface area (Å²) < 4.78 is 10.9. The van der Waals surface area contributed by atoms with Gasteiger partial charge in [-0.15, -0.1) is 0 Å². The SMILES string of the molecule is CCc1cccc(OCc2cc(C(=O)O)c(C)o2)c1. The standard InChI is InChI=1S/C15H16O4/c1-3-11-5-4-6-12(7-11)18-9-13-8-14(15(16)17)10(2)19-13/h4-8H,3,9H2,1-2H3,(H,16,17). The summed E-state index contributed by atoms with van der Waals surface area (Å²) in [5.74, 6) is 0.677. The van der Waals surface area contributed by atoms with E-state index in [2.05, 4.69) is 6.92 Å². The van der Waals surface area contributed by atoms with Gasteiger partial charge in [0, 0.05) is 0 Å². The first-order valence-electron chi connectivity index (χ1n) is 6.14. The van der Waals surface area contributed by atoms with Gasteiger partial charge in [-0.2, -0.15) is 0 Å². The Labute approximate surface area is 111 Å². The molecule has 0 atom stereocenters. The van der Waals surface area contributed by atoms with Gasteiger partial charge in [-0.25, -0.2) is 4.79 Å². The Hall–Kier alpha value is -2.23.